The van der Waals surface area contributed by atoms with E-state index in [-0.39, 0.29) is 12.5 Å². The second kappa shape index (κ2) is 7.25. The molecule has 0 saturated carbocycles. The summed E-state index contributed by atoms with van der Waals surface area (Å²) in [5, 5.41) is 2.76. The van der Waals surface area contributed by atoms with Crippen molar-refractivity contribution in [1.82, 2.24) is 5.32 Å². The number of nitrogens with two attached hydrogens (primary N) is 1. The molecule has 0 aliphatic heterocycles. The normalized spacial score (nSPS) is 9.79. The van der Waals surface area contributed by atoms with E-state index in [2.05, 4.69) is 5.32 Å². The smallest absolute Gasteiger partial charge is 0.255 e. The third-order valence-corrected chi connectivity index (χ3v) is 2.33. The van der Waals surface area contributed by atoms with Crippen molar-refractivity contribution in [3.05, 3.63) is 23.8 Å². The first kappa shape index (κ1) is 14.8. The van der Waals surface area contributed by atoms with Crippen LogP contribution in [0.15, 0.2) is 18.2 Å². The van der Waals surface area contributed by atoms with Crippen molar-refractivity contribution in [2.24, 2.45) is 5.73 Å². The van der Waals surface area contributed by atoms with Crippen LogP contribution in [0.1, 0.15) is 23.7 Å². The van der Waals surface area contributed by atoms with Crippen molar-refractivity contribution in [2.45, 2.75) is 13.3 Å². The maximum atomic E-state index is 11.8. The third-order valence-electron chi connectivity index (χ3n) is 2.33. The summed E-state index contributed by atoms with van der Waals surface area (Å²) in [6, 6.07) is 4.73. The van der Waals surface area contributed by atoms with Crippen molar-refractivity contribution in [2.75, 3.05) is 20.3 Å². The zero-order valence-electron chi connectivity index (χ0n) is 11.1. The van der Waals surface area contributed by atoms with E-state index in [0.29, 0.717) is 23.6 Å². The molecule has 1 aromatic carbocycles. The average Bonchev–Trinajstić information content (AvgIpc) is 2.42. The van der Waals surface area contributed by atoms with Crippen molar-refractivity contribution in [1.29, 1.82) is 0 Å². The molecule has 0 atom stereocenters. The van der Waals surface area contributed by atoms with Gasteiger partial charge in [0.15, 0.2) is 18.1 Å². The summed E-state index contributed by atoms with van der Waals surface area (Å²) in [6.07, 6.45) is 0.864. The Balaban J connectivity index is 2.82. The number of hydrogen-bond donors (Lipinski definition) is 2. The zero-order valence-corrected chi connectivity index (χ0v) is 11.1. The van der Waals surface area contributed by atoms with Gasteiger partial charge in [0.2, 0.25) is 0 Å². The van der Waals surface area contributed by atoms with Crippen LogP contribution in [-0.4, -0.2) is 32.1 Å². The second-order valence-corrected chi connectivity index (χ2v) is 3.88. The van der Waals surface area contributed by atoms with Gasteiger partial charge in [-0.3, -0.25) is 9.59 Å². The highest BCUT2D eigenvalue weighted by Crippen LogP contribution is 2.27. The Morgan fingerprint density at radius 3 is 2.63 bits per heavy atom. The monoisotopic (exact) mass is 266 g/mol. The number of primary amides is 1. The van der Waals surface area contributed by atoms with E-state index >= 15 is 0 Å². The highest BCUT2D eigenvalue weighted by atomic mass is 16.5. The van der Waals surface area contributed by atoms with Crippen LogP contribution in [0.5, 0.6) is 11.5 Å². The van der Waals surface area contributed by atoms with Gasteiger partial charge < -0.3 is 20.5 Å². The number of carbonyl (C=O) groups excluding carboxylic acids is 2. The molecule has 0 heterocycles. The first-order chi connectivity index (χ1) is 9.08. The second-order valence-electron chi connectivity index (χ2n) is 3.88. The summed E-state index contributed by atoms with van der Waals surface area (Å²) in [6.45, 7) is 2.35. The van der Waals surface area contributed by atoms with Gasteiger partial charge in [0.05, 0.1) is 7.11 Å². The van der Waals surface area contributed by atoms with E-state index in [0.717, 1.165) is 6.42 Å². The first-order valence-corrected chi connectivity index (χ1v) is 5.95. The molecule has 0 fully saturated rings. The summed E-state index contributed by atoms with van der Waals surface area (Å²) in [5.41, 5.74) is 5.47. The van der Waals surface area contributed by atoms with Crippen LogP contribution < -0.4 is 20.5 Å². The molecule has 104 valence electrons. The maximum absolute atomic E-state index is 11.8. The van der Waals surface area contributed by atoms with Gasteiger partial charge in [-0.15, -0.1) is 0 Å². The van der Waals surface area contributed by atoms with E-state index in [4.69, 9.17) is 15.2 Å². The van der Waals surface area contributed by atoms with E-state index in [1.807, 2.05) is 6.92 Å². The number of hydrogen-bond acceptors (Lipinski definition) is 4. The lowest BCUT2D eigenvalue weighted by Gasteiger charge is -2.11. The fourth-order valence-corrected chi connectivity index (χ4v) is 1.42. The largest absolute Gasteiger partial charge is 0.493 e. The van der Waals surface area contributed by atoms with Gasteiger partial charge in [-0.2, -0.15) is 0 Å². The SMILES string of the molecule is CCCNC(=O)c1ccc(OCC(N)=O)c(OC)c1. The maximum Gasteiger partial charge on any atom is 0.255 e. The van der Waals surface area contributed by atoms with E-state index in [9.17, 15) is 9.59 Å². The molecule has 19 heavy (non-hydrogen) atoms. The van der Waals surface area contributed by atoms with Crippen LogP contribution in [0.4, 0.5) is 0 Å². The molecule has 2 amide bonds. The Bertz CT molecular complexity index is 460. The first-order valence-electron chi connectivity index (χ1n) is 5.95. The molecule has 6 nitrogen and oxygen atoms in total. The molecule has 0 spiro atoms. The fourth-order valence-electron chi connectivity index (χ4n) is 1.42. The van der Waals surface area contributed by atoms with Gasteiger partial charge >= 0.3 is 0 Å². The molecular weight excluding hydrogens is 248 g/mol. The molecular formula is C13H18N2O4. The number of benzene rings is 1. The Morgan fingerprint density at radius 2 is 2.05 bits per heavy atom. The number of methoxy groups -OCH3 is 1. The van der Waals surface area contributed by atoms with E-state index < -0.39 is 5.91 Å². The molecule has 0 radical (unpaired) electrons. The average molecular weight is 266 g/mol. The number of nitrogens with one attached hydrogen (secondary N) is 1. The van der Waals surface area contributed by atoms with Crippen molar-refractivity contribution in [3.8, 4) is 11.5 Å². The Morgan fingerprint density at radius 1 is 1.32 bits per heavy atom. The molecule has 6 heteroatoms. The molecule has 3 N–H and O–H groups in total. The van der Waals surface area contributed by atoms with Crippen LogP contribution in [-0.2, 0) is 4.79 Å². The lowest BCUT2D eigenvalue weighted by atomic mass is 10.2. The van der Waals surface area contributed by atoms with Gasteiger partial charge in [0.25, 0.3) is 11.8 Å². The Hall–Kier alpha value is -2.24. The van der Waals surface area contributed by atoms with Gasteiger partial charge in [0.1, 0.15) is 0 Å². The van der Waals surface area contributed by atoms with Crippen molar-refractivity contribution < 1.29 is 19.1 Å². The van der Waals surface area contributed by atoms with Crippen molar-refractivity contribution >= 4 is 11.8 Å². The number of ether oxygens (including phenoxy) is 2. The predicted molar refractivity (Wildman–Crippen MR) is 70.3 cm³/mol. The minimum atomic E-state index is -0.577. The van der Waals surface area contributed by atoms with Gasteiger partial charge in [0, 0.05) is 12.1 Å². The minimum Gasteiger partial charge on any atom is -0.493 e. The number of carbonyl (C=O) groups is 2. The summed E-state index contributed by atoms with van der Waals surface area (Å²) in [4.78, 5) is 22.4. The molecule has 0 saturated heterocycles. The minimum absolute atomic E-state index is 0.179. The zero-order chi connectivity index (χ0) is 14.3. The number of rotatable bonds is 7. The summed E-state index contributed by atoms with van der Waals surface area (Å²) in [5.74, 6) is -0.00726. The van der Waals surface area contributed by atoms with E-state index in [1.54, 1.807) is 18.2 Å². The van der Waals surface area contributed by atoms with Gasteiger partial charge in [-0.05, 0) is 24.6 Å². The molecule has 0 bridgehead atoms. The fraction of sp³-hybridized carbons (Fsp3) is 0.385. The van der Waals surface area contributed by atoms with Crippen molar-refractivity contribution in [3.63, 3.8) is 0 Å². The summed E-state index contributed by atoms with van der Waals surface area (Å²) < 4.78 is 10.3. The van der Waals surface area contributed by atoms with Crippen LogP contribution >= 0.6 is 0 Å². The molecule has 1 aromatic rings. The number of amides is 2. The highest BCUT2D eigenvalue weighted by Gasteiger charge is 2.11. The molecule has 0 aliphatic rings. The third kappa shape index (κ3) is 4.50. The van der Waals surface area contributed by atoms with Crippen LogP contribution in [0, 0.1) is 0 Å². The molecule has 0 aliphatic carbocycles. The van der Waals surface area contributed by atoms with Gasteiger partial charge in [-0.25, -0.2) is 0 Å². The molecule has 0 aromatic heterocycles. The molecule has 0 unspecified atom stereocenters. The van der Waals surface area contributed by atoms with Crippen LogP contribution in [0.3, 0.4) is 0 Å². The quantitative estimate of drug-likeness (QED) is 0.760. The van der Waals surface area contributed by atoms with E-state index in [1.165, 1.54) is 7.11 Å². The van der Waals surface area contributed by atoms with Crippen LogP contribution in [0.2, 0.25) is 0 Å². The summed E-state index contributed by atoms with van der Waals surface area (Å²) in [7, 11) is 1.46. The lowest BCUT2D eigenvalue weighted by molar-refractivity contribution is -0.119. The topological polar surface area (TPSA) is 90.6 Å². The van der Waals surface area contributed by atoms with Gasteiger partial charge in [-0.1, -0.05) is 6.92 Å². The highest BCUT2D eigenvalue weighted by molar-refractivity contribution is 5.94. The Kier molecular flexibility index (Phi) is 5.66. The molecule has 1 rings (SSSR count). The standard InChI is InChI=1S/C13H18N2O4/c1-3-6-15-13(17)9-4-5-10(11(7-9)18-2)19-8-12(14)16/h4-5,7H,3,6,8H2,1-2H3,(H2,14,16)(H,15,17). The Labute approximate surface area is 111 Å². The predicted octanol–water partition coefficient (Wildman–Crippen LogP) is 0.699. The summed E-state index contributed by atoms with van der Waals surface area (Å²) >= 11 is 0. The van der Waals surface area contributed by atoms with Crippen LogP contribution in [0.25, 0.3) is 0 Å². The lowest BCUT2D eigenvalue weighted by Crippen LogP contribution is -2.24.